The van der Waals surface area contributed by atoms with Gasteiger partial charge in [0.1, 0.15) is 11.5 Å². The Morgan fingerprint density at radius 2 is 1.86 bits per heavy atom. The maximum absolute atomic E-state index is 12.0. The molecular weight excluding hydrogens is 284 g/mol. The van der Waals surface area contributed by atoms with E-state index in [9.17, 15) is 14.7 Å². The van der Waals surface area contributed by atoms with Crippen LogP contribution in [0.4, 0.5) is 0 Å². The molecule has 0 spiro atoms. The van der Waals surface area contributed by atoms with Crippen molar-refractivity contribution in [2.75, 3.05) is 0 Å². The molecule has 6 nitrogen and oxygen atoms in total. The van der Waals surface area contributed by atoms with Crippen molar-refractivity contribution >= 4 is 17.3 Å². The van der Waals surface area contributed by atoms with Crippen LogP contribution < -0.4 is 0 Å². The second kappa shape index (κ2) is 5.87. The number of ketones is 2. The van der Waals surface area contributed by atoms with E-state index in [0.717, 1.165) is 12.8 Å². The Balaban J connectivity index is 1.73. The Morgan fingerprint density at radius 3 is 2.64 bits per heavy atom. The average molecular weight is 302 g/mol. The van der Waals surface area contributed by atoms with E-state index in [-0.39, 0.29) is 35.0 Å². The number of hydrogen-bond donors (Lipinski definition) is 2. The molecule has 0 unspecified atom stereocenters. The van der Waals surface area contributed by atoms with Crippen LogP contribution >= 0.6 is 0 Å². The van der Waals surface area contributed by atoms with Crippen LogP contribution in [0.3, 0.4) is 0 Å². The SMILES string of the molecule is N=C(CCc1noc2c1C(=O)CCC2)C1=C(O)CCCC1=O. The van der Waals surface area contributed by atoms with E-state index >= 15 is 0 Å². The highest BCUT2D eigenvalue weighted by Gasteiger charge is 2.28. The summed E-state index contributed by atoms with van der Waals surface area (Å²) in [5.41, 5.74) is 1.39. The molecule has 0 aromatic carbocycles. The summed E-state index contributed by atoms with van der Waals surface area (Å²) in [6.07, 6.45) is 4.09. The summed E-state index contributed by atoms with van der Waals surface area (Å²) in [5.74, 6) is 0.514. The molecule has 2 aliphatic carbocycles. The number of nitrogens with one attached hydrogen (secondary N) is 1. The Labute approximate surface area is 127 Å². The van der Waals surface area contributed by atoms with Gasteiger partial charge in [-0.05, 0) is 25.7 Å². The van der Waals surface area contributed by atoms with Crippen LogP contribution in [0.1, 0.15) is 60.3 Å². The van der Waals surface area contributed by atoms with Gasteiger partial charge in [0.15, 0.2) is 11.6 Å². The zero-order chi connectivity index (χ0) is 15.7. The lowest BCUT2D eigenvalue weighted by molar-refractivity contribution is -0.115. The predicted octanol–water partition coefficient (Wildman–Crippen LogP) is 2.71. The van der Waals surface area contributed by atoms with Crippen molar-refractivity contribution in [3.05, 3.63) is 28.3 Å². The van der Waals surface area contributed by atoms with E-state index < -0.39 is 0 Å². The number of rotatable bonds is 4. The number of carbonyl (C=O) groups excluding carboxylic acids is 2. The second-order valence-electron chi connectivity index (χ2n) is 5.78. The van der Waals surface area contributed by atoms with Crippen LogP contribution in [0, 0.1) is 5.41 Å². The number of fused-ring (bicyclic) bond motifs is 1. The van der Waals surface area contributed by atoms with E-state index in [1.807, 2.05) is 0 Å². The minimum atomic E-state index is -0.174. The predicted molar refractivity (Wildman–Crippen MR) is 78.3 cm³/mol. The highest BCUT2D eigenvalue weighted by molar-refractivity contribution is 6.22. The summed E-state index contributed by atoms with van der Waals surface area (Å²) in [7, 11) is 0. The fourth-order valence-electron chi connectivity index (χ4n) is 3.09. The largest absolute Gasteiger partial charge is 0.511 e. The van der Waals surface area contributed by atoms with Gasteiger partial charge in [-0.1, -0.05) is 5.16 Å². The topological polar surface area (TPSA) is 104 Å². The van der Waals surface area contributed by atoms with Crippen LogP contribution in [0.2, 0.25) is 0 Å². The average Bonchev–Trinajstić information content (AvgIpc) is 2.89. The summed E-state index contributed by atoms with van der Waals surface area (Å²) >= 11 is 0. The molecule has 0 fully saturated rings. The molecular formula is C16H18N2O4. The number of carbonyl (C=O) groups is 2. The number of aromatic nitrogens is 1. The molecule has 1 heterocycles. The number of hydrogen-bond acceptors (Lipinski definition) is 6. The van der Waals surface area contributed by atoms with Crippen molar-refractivity contribution in [1.29, 1.82) is 5.41 Å². The van der Waals surface area contributed by atoms with Crippen LogP contribution in [0.5, 0.6) is 0 Å². The van der Waals surface area contributed by atoms with Gasteiger partial charge in [-0.15, -0.1) is 0 Å². The lowest BCUT2D eigenvalue weighted by Crippen LogP contribution is -2.19. The smallest absolute Gasteiger partial charge is 0.168 e. The van der Waals surface area contributed by atoms with Gasteiger partial charge in [0.05, 0.1) is 16.8 Å². The first kappa shape index (κ1) is 14.7. The molecule has 2 N–H and O–H groups in total. The zero-order valence-corrected chi connectivity index (χ0v) is 12.3. The fourth-order valence-corrected chi connectivity index (χ4v) is 3.09. The van der Waals surface area contributed by atoms with Gasteiger partial charge >= 0.3 is 0 Å². The van der Waals surface area contributed by atoms with Gasteiger partial charge in [-0.2, -0.15) is 0 Å². The second-order valence-corrected chi connectivity index (χ2v) is 5.78. The summed E-state index contributed by atoms with van der Waals surface area (Å²) in [6.45, 7) is 0. The van der Waals surface area contributed by atoms with Crippen molar-refractivity contribution in [1.82, 2.24) is 5.16 Å². The van der Waals surface area contributed by atoms with Crippen molar-refractivity contribution in [2.45, 2.75) is 51.4 Å². The molecule has 1 aromatic rings. The molecule has 2 aliphatic rings. The fraction of sp³-hybridized carbons (Fsp3) is 0.500. The van der Waals surface area contributed by atoms with Crippen molar-refractivity contribution in [3.63, 3.8) is 0 Å². The molecule has 0 saturated heterocycles. The third-order valence-electron chi connectivity index (χ3n) is 4.22. The van der Waals surface area contributed by atoms with Gasteiger partial charge in [-0.25, -0.2) is 0 Å². The molecule has 6 heteroatoms. The highest BCUT2D eigenvalue weighted by Crippen LogP contribution is 2.26. The molecule has 1 aromatic heterocycles. The van der Waals surface area contributed by atoms with E-state index in [0.29, 0.717) is 49.1 Å². The van der Waals surface area contributed by atoms with E-state index in [1.54, 1.807) is 0 Å². The monoisotopic (exact) mass is 302 g/mol. The maximum Gasteiger partial charge on any atom is 0.168 e. The Morgan fingerprint density at radius 1 is 1.14 bits per heavy atom. The van der Waals surface area contributed by atoms with Gasteiger partial charge in [0.2, 0.25) is 0 Å². The van der Waals surface area contributed by atoms with Gasteiger partial charge in [0, 0.05) is 31.4 Å². The lowest BCUT2D eigenvalue weighted by atomic mass is 9.89. The molecule has 0 aliphatic heterocycles. The van der Waals surface area contributed by atoms with Gasteiger partial charge < -0.3 is 15.0 Å². The molecule has 0 amide bonds. The first-order valence-electron chi connectivity index (χ1n) is 7.61. The standard InChI is InChI=1S/C16H18N2O4/c17-9(15-11(19)3-1-4-12(15)20)7-8-10-16-13(21)5-2-6-14(16)22-18-10/h17,19H,1-8H2. The minimum Gasteiger partial charge on any atom is -0.511 e. The Kier molecular flexibility index (Phi) is 3.92. The molecule has 116 valence electrons. The molecule has 0 atom stereocenters. The van der Waals surface area contributed by atoms with Gasteiger partial charge in [0.25, 0.3) is 0 Å². The minimum absolute atomic E-state index is 0.0134. The number of Topliss-reactive ketones (excluding diaryl/α,β-unsaturated/α-hetero) is 2. The number of aliphatic hydroxyl groups is 1. The van der Waals surface area contributed by atoms with Crippen molar-refractivity contribution < 1.29 is 19.2 Å². The summed E-state index contributed by atoms with van der Waals surface area (Å²) in [4.78, 5) is 23.8. The molecule has 0 saturated carbocycles. The number of aliphatic hydroxyl groups excluding tert-OH is 1. The van der Waals surface area contributed by atoms with E-state index in [1.165, 1.54) is 0 Å². The van der Waals surface area contributed by atoms with Crippen LogP contribution in [-0.4, -0.2) is 27.5 Å². The van der Waals surface area contributed by atoms with Crippen molar-refractivity contribution in [2.24, 2.45) is 0 Å². The maximum atomic E-state index is 12.0. The van der Waals surface area contributed by atoms with E-state index in [4.69, 9.17) is 9.93 Å². The molecule has 22 heavy (non-hydrogen) atoms. The third kappa shape index (κ3) is 2.61. The third-order valence-corrected chi connectivity index (χ3v) is 4.22. The zero-order valence-electron chi connectivity index (χ0n) is 12.3. The molecule has 0 radical (unpaired) electrons. The lowest BCUT2D eigenvalue weighted by Gasteiger charge is -2.15. The number of allylic oxidation sites excluding steroid dienone is 2. The van der Waals surface area contributed by atoms with Crippen LogP contribution in [0.25, 0.3) is 0 Å². The Hall–Kier alpha value is -2.24. The quantitative estimate of drug-likeness (QED) is 0.832. The number of nitrogens with zero attached hydrogens (tertiary/aromatic N) is 1. The van der Waals surface area contributed by atoms with Crippen molar-refractivity contribution in [3.8, 4) is 0 Å². The summed E-state index contributed by atoms with van der Waals surface area (Å²) in [5, 5.41) is 21.8. The van der Waals surface area contributed by atoms with Crippen LogP contribution in [-0.2, 0) is 17.6 Å². The summed E-state index contributed by atoms with van der Waals surface area (Å²) < 4.78 is 5.21. The molecule has 0 bridgehead atoms. The first-order chi connectivity index (χ1) is 10.6. The highest BCUT2D eigenvalue weighted by atomic mass is 16.5. The molecule has 3 rings (SSSR count). The van der Waals surface area contributed by atoms with E-state index in [2.05, 4.69) is 5.16 Å². The summed E-state index contributed by atoms with van der Waals surface area (Å²) in [6, 6.07) is 0. The first-order valence-corrected chi connectivity index (χ1v) is 7.61. The van der Waals surface area contributed by atoms with Gasteiger partial charge in [-0.3, -0.25) is 9.59 Å². The number of aryl methyl sites for hydroxylation is 2. The Bertz CT molecular complexity index is 684. The van der Waals surface area contributed by atoms with Crippen LogP contribution in [0.15, 0.2) is 15.9 Å². The normalized spacial score (nSPS) is 18.5.